The SMILES string of the molecule is O=C([C@@H]1CNC[C@H]1c1ccccc1)N(c1ccc(F)cc1)C1CCNCC1. The summed E-state index contributed by atoms with van der Waals surface area (Å²) in [7, 11) is 0. The molecule has 0 unspecified atom stereocenters. The van der Waals surface area contributed by atoms with E-state index >= 15 is 0 Å². The van der Waals surface area contributed by atoms with Crippen LogP contribution in [0, 0.1) is 11.7 Å². The molecule has 2 fully saturated rings. The average Bonchev–Trinajstić information content (AvgIpc) is 3.21. The molecule has 2 aliphatic heterocycles. The zero-order valence-electron chi connectivity index (χ0n) is 15.4. The van der Waals surface area contributed by atoms with E-state index in [0.717, 1.165) is 38.2 Å². The molecule has 2 aliphatic rings. The van der Waals surface area contributed by atoms with Gasteiger partial charge < -0.3 is 15.5 Å². The normalized spacial score (nSPS) is 23.3. The lowest BCUT2D eigenvalue weighted by molar-refractivity contribution is -0.122. The van der Waals surface area contributed by atoms with Crippen LogP contribution in [0.4, 0.5) is 10.1 Å². The molecular formula is C22H26FN3O. The number of rotatable bonds is 4. The topological polar surface area (TPSA) is 44.4 Å². The molecular weight excluding hydrogens is 341 g/mol. The number of anilines is 1. The summed E-state index contributed by atoms with van der Waals surface area (Å²) >= 11 is 0. The Morgan fingerprint density at radius 1 is 0.926 bits per heavy atom. The Balaban J connectivity index is 1.64. The maximum absolute atomic E-state index is 13.7. The Labute approximate surface area is 159 Å². The number of carbonyl (C=O) groups excluding carboxylic acids is 1. The highest BCUT2D eigenvalue weighted by atomic mass is 19.1. The number of nitrogens with one attached hydrogen (secondary N) is 2. The summed E-state index contributed by atoms with van der Waals surface area (Å²) < 4.78 is 13.5. The third-order valence-corrected chi connectivity index (χ3v) is 5.78. The fourth-order valence-electron chi connectivity index (χ4n) is 4.35. The van der Waals surface area contributed by atoms with Gasteiger partial charge in [-0.2, -0.15) is 0 Å². The lowest BCUT2D eigenvalue weighted by atomic mass is 9.87. The maximum atomic E-state index is 13.7. The molecule has 0 bridgehead atoms. The number of amides is 1. The van der Waals surface area contributed by atoms with Crippen molar-refractivity contribution in [2.24, 2.45) is 5.92 Å². The van der Waals surface area contributed by atoms with Gasteiger partial charge in [-0.3, -0.25) is 4.79 Å². The van der Waals surface area contributed by atoms with Crippen molar-refractivity contribution in [3.05, 3.63) is 66.0 Å². The quantitative estimate of drug-likeness (QED) is 0.873. The van der Waals surface area contributed by atoms with Crippen LogP contribution in [-0.2, 0) is 4.79 Å². The molecule has 0 saturated carbocycles. The van der Waals surface area contributed by atoms with E-state index in [4.69, 9.17) is 0 Å². The lowest BCUT2D eigenvalue weighted by Crippen LogP contribution is -2.49. The molecule has 0 aliphatic carbocycles. The fraction of sp³-hybridized carbons (Fsp3) is 0.409. The number of piperidine rings is 1. The Bertz CT molecular complexity index is 759. The molecule has 0 radical (unpaired) electrons. The molecule has 2 aromatic carbocycles. The molecule has 2 atom stereocenters. The molecule has 4 nitrogen and oxygen atoms in total. The first-order chi connectivity index (χ1) is 13.2. The van der Waals surface area contributed by atoms with Crippen molar-refractivity contribution in [3.8, 4) is 0 Å². The Morgan fingerprint density at radius 2 is 1.63 bits per heavy atom. The molecule has 5 heteroatoms. The molecule has 0 spiro atoms. The summed E-state index contributed by atoms with van der Waals surface area (Å²) in [6, 6.07) is 16.8. The van der Waals surface area contributed by atoms with Gasteiger partial charge in [-0.1, -0.05) is 30.3 Å². The van der Waals surface area contributed by atoms with Crippen LogP contribution in [0.3, 0.4) is 0 Å². The van der Waals surface area contributed by atoms with Crippen LogP contribution in [-0.4, -0.2) is 38.1 Å². The smallest absolute Gasteiger partial charge is 0.232 e. The zero-order valence-corrected chi connectivity index (χ0v) is 15.4. The number of carbonyl (C=O) groups is 1. The van der Waals surface area contributed by atoms with E-state index < -0.39 is 0 Å². The number of hydrogen-bond donors (Lipinski definition) is 2. The molecule has 27 heavy (non-hydrogen) atoms. The minimum Gasteiger partial charge on any atom is -0.317 e. The van der Waals surface area contributed by atoms with E-state index in [1.165, 1.54) is 17.7 Å². The van der Waals surface area contributed by atoms with Crippen LogP contribution in [0.15, 0.2) is 54.6 Å². The number of nitrogens with zero attached hydrogens (tertiary/aromatic N) is 1. The molecule has 2 aromatic rings. The molecule has 0 aromatic heterocycles. The van der Waals surface area contributed by atoms with Crippen molar-refractivity contribution in [1.29, 1.82) is 0 Å². The third-order valence-electron chi connectivity index (χ3n) is 5.78. The maximum Gasteiger partial charge on any atom is 0.232 e. The predicted octanol–water partition coefficient (Wildman–Crippen LogP) is 2.91. The van der Waals surface area contributed by atoms with Crippen molar-refractivity contribution in [2.45, 2.75) is 24.8 Å². The average molecular weight is 367 g/mol. The summed E-state index contributed by atoms with van der Waals surface area (Å²) in [5, 5.41) is 6.76. The lowest BCUT2D eigenvalue weighted by Gasteiger charge is -2.37. The van der Waals surface area contributed by atoms with Crippen molar-refractivity contribution in [2.75, 3.05) is 31.1 Å². The Kier molecular flexibility index (Phi) is 5.50. The first-order valence-electron chi connectivity index (χ1n) is 9.79. The van der Waals surface area contributed by atoms with Crippen LogP contribution in [0.25, 0.3) is 0 Å². The molecule has 4 rings (SSSR count). The largest absolute Gasteiger partial charge is 0.317 e. The van der Waals surface area contributed by atoms with Gasteiger partial charge in [0, 0.05) is 30.7 Å². The van der Waals surface area contributed by atoms with Crippen LogP contribution >= 0.6 is 0 Å². The van der Waals surface area contributed by atoms with Gasteiger partial charge >= 0.3 is 0 Å². The minimum absolute atomic E-state index is 0.104. The standard InChI is InChI=1S/C22H26FN3O/c23-17-6-8-18(9-7-17)26(19-10-12-24-13-11-19)22(27)21-15-25-14-20(21)16-4-2-1-3-5-16/h1-9,19-21,24-25H,10-15H2/t20-,21+/m0/s1. The highest BCUT2D eigenvalue weighted by molar-refractivity contribution is 5.96. The van der Waals surface area contributed by atoms with Gasteiger partial charge in [0.2, 0.25) is 5.91 Å². The second-order valence-electron chi connectivity index (χ2n) is 7.45. The van der Waals surface area contributed by atoms with E-state index in [0.29, 0.717) is 6.54 Å². The number of hydrogen-bond acceptors (Lipinski definition) is 3. The fourth-order valence-corrected chi connectivity index (χ4v) is 4.35. The highest BCUT2D eigenvalue weighted by Crippen LogP contribution is 2.33. The van der Waals surface area contributed by atoms with Crippen molar-refractivity contribution in [3.63, 3.8) is 0 Å². The van der Waals surface area contributed by atoms with Crippen LogP contribution < -0.4 is 15.5 Å². The molecule has 1 amide bonds. The summed E-state index contributed by atoms with van der Waals surface area (Å²) in [4.78, 5) is 15.6. The molecule has 2 heterocycles. The van der Waals surface area contributed by atoms with Crippen LogP contribution in [0.2, 0.25) is 0 Å². The van der Waals surface area contributed by atoms with Crippen molar-refractivity contribution in [1.82, 2.24) is 10.6 Å². The summed E-state index contributed by atoms with van der Waals surface area (Å²) in [6.07, 6.45) is 1.83. The first-order valence-corrected chi connectivity index (χ1v) is 9.79. The predicted molar refractivity (Wildman–Crippen MR) is 105 cm³/mol. The van der Waals surface area contributed by atoms with Gasteiger partial charge in [0.1, 0.15) is 5.82 Å². The van der Waals surface area contributed by atoms with Gasteiger partial charge in [0.15, 0.2) is 0 Å². The molecule has 142 valence electrons. The Hall–Kier alpha value is -2.24. The summed E-state index contributed by atoms with van der Waals surface area (Å²) in [5.41, 5.74) is 2.00. The Morgan fingerprint density at radius 3 is 2.33 bits per heavy atom. The third kappa shape index (κ3) is 3.89. The highest BCUT2D eigenvalue weighted by Gasteiger charge is 2.39. The number of benzene rings is 2. The van der Waals surface area contributed by atoms with Crippen LogP contribution in [0.1, 0.15) is 24.3 Å². The molecule has 2 N–H and O–H groups in total. The minimum atomic E-state index is -0.277. The summed E-state index contributed by atoms with van der Waals surface area (Å²) in [5.74, 6) is -0.0655. The van der Waals surface area contributed by atoms with Gasteiger partial charge in [-0.15, -0.1) is 0 Å². The van der Waals surface area contributed by atoms with Gasteiger partial charge in [0.05, 0.1) is 5.92 Å². The van der Waals surface area contributed by atoms with Crippen LogP contribution in [0.5, 0.6) is 0 Å². The van der Waals surface area contributed by atoms with E-state index in [1.54, 1.807) is 12.1 Å². The molecule has 2 saturated heterocycles. The summed E-state index contributed by atoms with van der Waals surface area (Å²) in [6.45, 7) is 3.30. The second-order valence-corrected chi connectivity index (χ2v) is 7.45. The monoisotopic (exact) mass is 367 g/mol. The number of halogens is 1. The van der Waals surface area contributed by atoms with E-state index in [1.807, 2.05) is 23.1 Å². The zero-order chi connectivity index (χ0) is 18.6. The van der Waals surface area contributed by atoms with E-state index in [9.17, 15) is 9.18 Å². The van der Waals surface area contributed by atoms with Crippen molar-refractivity contribution >= 4 is 11.6 Å². The van der Waals surface area contributed by atoms with E-state index in [-0.39, 0.29) is 29.6 Å². The second kappa shape index (κ2) is 8.19. The first kappa shape index (κ1) is 18.1. The van der Waals surface area contributed by atoms with Gasteiger partial charge in [-0.05, 0) is 55.8 Å². The van der Waals surface area contributed by atoms with Gasteiger partial charge in [0.25, 0.3) is 0 Å². The van der Waals surface area contributed by atoms with E-state index in [2.05, 4.69) is 22.8 Å². The van der Waals surface area contributed by atoms with Gasteiger partial charge in [-0.25, -0.2) is 4.39 Å². The van der Waals surface area contributed by atoms with Crippen molar-refractivity contribution < 1.29 is 9.18 Å².